The van der Waals surface area contributed by atoms with Crippen molar-refractivity contribution in [3.05, 3.63) is 58.1 Å². The molecule has 108 valence electrons. The molecule has 2 atom stereocenters. The van der Waals surface area contributed by atoms with Gasteiger partial charge < -0.3 is 0 Å². The molecular formula is C17H18ClN3. The molecule has 2 aliphatic heterocycles. The third kappa shape index (κ3) is 2.34. The molecule has 0 amide bonds. The first-order valence-electron chi connectivity index (χ1n) is 7.53. The number of halogens is 1. The van der Waals surface area contributed by atoms with E-state index in [1.165, 1.54) is 29.7 Å². The molecule has 0 unspecified atom stereocenters. The smallest absolute Gasteiger partial charge is 0.125 e. The maximum atomic E-state index is 5.98. The second-order valence-corrected chi connectivity index (χ2v) is 6.51. The molecule has 1 aromatic carbocycles. The van der Waals surface area contributed by atoms with Crippen LogP contribution in [-0.4, -0.2) is 20.9 Å². The van der Waals surface area contributed by atoms with Gasteiger partial charge in [-0.2, -0.15) is 0 Å². The molecule has 4 rings (SSSR count). The minimum atomic E-state index is 0.482. The Hall–Kier alpha value is -1.45. The molecule has 0 saturated carbocycles. The highest BCUT2D eigenvalue weighted by Gasteiger charge is 2.40. The lowest BCUT2D eigenvalue weighted by Gasteiger charge is -2.35. The molecule has 3 heterocycles. The summed E-state index contributed by atoms with van der Waals surface area (Å²) in [4.78, 5) is 11.7. The molecule has 2 aromatic rings. The van der Waals surface area contributed by atoms with Gasteiger partial charge in [0, 0.05) is 41.8 Å². The Morgan fingerprint density at radius 3 is 2.86 bits per heavy atom. The number of aromatic nitrogens is 2. The molecule has 0 radical (unpaired) electrons. The highest BCUT2D eigenvalue weighted by molar-refractivity contribution is 6.30. The summed E-state index contributed by atoms with van der Waals surface area (Å²) in [6.07, 6.45) is 5.58. The number of rotatable bonds is 2. The van der Waals surface area contributed by atoms with Gasteiger partial charge in [0.25, 0.3) is 0 Å². The monoisotopic (exact) mass is 299 g/mol. The van der Waals surface area contributed by atoms with Crippen molar-refractivity contribution in [3.8, 4) is 0 Å². The van der Waals surface area contributed by atoms with Crippen molar-refractivity contribution in [2.45, 2.75) is 44.8 Å². The molecule has 1 fully saturated rings. The van der Waals surface area contributed by atoms with Crippen LogP contribution in [-0.2, 0) is 13.0 Å². The van der Waals surface area contributed by atoms with Crippen molar-refractivity contribution < 1.29 is 0 Å². The van der Waals surface area contributed by atoms with Crippen molar-refractivity contribution in [1.82, 2.24) is 14.9 Å². The van der Waals surface area contributed by atoms with Crippen LogP contribution in [0.1, 0.15) is 41.5 Å². The van der Waals surface area contributed by atoms with Crippen LogP contribution in [0.25, 0.3) is 0 Å². The SMILES string of the molecule is Cc1ncc2c(n1)C[C@H]1CC[C@@H]2N1Cc1ccc(Cl)cc1. The van der Waals surface area contributed by atoms with Crippen molar-refractivity contribution in [1.29, 1.82) is 0 Å². The molecule has 4 heteroatoms. The summed E-state index contributed by atoms with van der Waals surface area (Å²) in [6, 6.07) is 9.31. The van der Waals surface area contributed by atoms with Crippen LogP contribution in [0, 0.1) is 6.92 Å². The maximum Gasteiger partial charge on any atom is 0.125 e. The van der Waals surface area contributed by atoms with E-state index in [1.54, 1.807) is 0 Å². The van der Waals surface area contributed by atoms with Gasteiger partial charge in [-0.3, -0.25) is 4.90 Å². The molecule has 3 nitrogen and oxygen atoms in total. The van der Waals surface area contributed by atoms with E-state index in [0.717, 1.165) is 23.8 Å². The van der Waals surface area contributed by atoms with Crippen molar-refractivity contribution in [2.24, 2.45) is 0 Å². The summed E-state index contributed by atoms with van der Waals surface area (Å²) in [7, 11) is 0. The van der Waals surface area contributed by atoms with Gasteiger partial charge in [-0.05, 0) is 37.5 Å². The minimum absolute atomic E-state index is 0.482. The van der Waals surface area contributed by atoms with E-state index in [9.17, 15) is 0 Å². The fraction of sp³-hybridized carbons (Fsp3) is 0.412. The average molecular weight is 300 g/mol. The predicted molar refractivity (Wildman–Crippen MR) is 83.2 cm³/mol. The van der Waals surface area contributed by atoms with Gasteiger partial charge >= 0.3 is 0 Å². The first-order valence-corrected chi connectivity index (χ1v) is 7.91. The van der Waals surface area contributed by atoms with Crippen LogP contribution in [0.15, 0.2) is 30.5 Å². The quantitative estimate of drug-likeness (QED) is 0.846. The van der Waals surface area contributed by atoms with Gasteiger partial charge in [-0.25, -0.2) is 9.97 Å². The first kappa shape index (κ1) is 13.2. The van der Waals surface area contributed by atoms with Gasteiger partial charge in [0.15, 0.2) is 0 Å². The van der Waals surface area contributed by atoms with Crippen molar-refractivity contribution in [2.75, 3.05) is 0 Å². The first-order chi connectivity index (χ1) is 10.2. The molecule has 0 N–H and O–H groups in total. The number of aryl methyl sites for hydroxylation is 1. The van der Waals surface area contributed by atoms with E-state index < -0.39 is 0 Å². The summed E-state index contributed by atoms with van der Waals surface area (Å²) in [5.41, 5.74) is 3.93. The normalized spacial score (nSPS) is 24.1. The van der Waals surface area contributed by atoms with Gasteiger partial charge in [0.2, 0.25) is 0 Å². The predicted octanol–water partition coefficient (Wildman–Crippen LogP) is 3.70. The fourth-order valence-electron chi connectivity index (χ4n) is 3.72. The van der Waals surface area contributed by atoms with Crippen LogP contribution in [0.2, 0.25) is 5.02 Å². The molecule has 2 aliphatic rings. The van der Waals surface area contributed by atoms with Gasteiger partial charge in [-0.1, -0.05) is 23.7 Å². The van der Waals surface area contributed by atoms with Gasteiger partial charge in [0.05, 0.1) is 5.69 Å². The number of nitrogens with zero attached hydrogens (tertiary/aromatic N) is 3. The van der Waals surface area contributed by atoms with E-state index >= 15 is 0 Å². The zero-order valence-corrected chi connectivity index (χ0v) is 12.8. The van der Waals surface area contributed by atoms with Crippen LogP contribution in [0.3, 0.4) is 0 Å². The standard InChI is InChI=1S/C17H18ClN3/c1-11-19-9-15-16(20-11)8-14-6-7-17(15)21(14)10-12-2-4-13(18)5-3-12/h2-5,9,14,17H,6-8,10H2,1H3/t14-,17+/m1/s1. The number of benzene rings is 1. The van der Waals surface area contributed by atoms with E-state index in [1.807, 2.05) is 25.3 Å². The number of hydrogen-bond donors (Lipinski definition) is 0. The van der Waals surface area contributed by atoms with Crippen molar-refractivity contribution >= 4 is 11.6 Å². The maximum absolute atomic E-state index is 5.98. The average Bonchev–Trinajstić information content (AvgIpc) is 2.75. The fourth-order valence-corrected chi connectivity index (χ4v) is 3.85. The molecule has 0 aliphatic carbocycles. The second-order valence-electron chi connectivity index (χ2n) is 6.07. The molecule has 1 aromatic heterocycles. The summed E-state index contributed by atoms with van der Waals surface area (Å²) in [5.74, 6) is 0.888. The summed E-state index contributed by atoms with van der Waals surface area (Å²) in [5, 5.41) is 0.801. The third-order valence-electron chi connectivity index (χ3n) is 4.73. The molecule has 2 bridgehead atoms. The van der Waals surface area contributed by atoms with Crippen LogP contribution < -0.4 is 0 Å². The Morgan fingerprint density at radius 2 is 2.05 bits per heavy atom. The topological polar surface area (TPSA) is 29.0 Å². The Labute approximate surface area is 130 Å². The molecule has 21 heavy (non-hydrogen) atoms. The Kier molecular flexibility index (Phi) is 3.20. The van der Waals surface area contributed by atoms with Crippen LogP contribution in [0.4, 0.5) is 0 Å². The largest absolute Gasteiger partial charge is 0.289 e. The zero-order valence-electron chi connectivity index (χ0n) is 12.1. The van der Waals surface area contributed by atoms with E-state index in [0.29, 0.717) is 12.1 Å². The van der Waals surface area contributed by atoms with Crippen LogP contribution in [0.5, 0.6) is 0 Å². The lowest BCUT2D eigenvalue weighted by atomic mass is 9.98. The number of hydrogen-bond acceptors (Lipinski definition) is 3. The minimum Gasteiger partial charge on any atom is -0.289 e. The summed E-state index contributed by atoms with van der Waals surface area (Å²) < 4.78 is 0. The number of fused-ring (bicyclic) bond motifs is 4. The highest BCUT2D eigenvalue weighted by Crippen LogP contribution is 2.43. The zero-order chi connectivity index (χ0) is 14.4. The second kappa shape index (κ2) is 5.08. The lowest BCUT2D eigenvalue weighted by Crippen LogP contribution is -2.37. The Morgan fingerprint density at radius 1 is 1.24 bits per heavy atom. The van der Waals surface area contributed by atoms with E-state index in [4.69, 9.17) is 11.6 Å². The Balaban J connectivity index is 1.63. The van der Waals surface area contributed by atoms with Crippen molar-refractivity contribution in [3.63, 3.8) is 0 Å². The van der Waals surface area contributed by atoms with Crippen LogP contribution >= 0.6 is 11.6 Å². The highest BCUT2D eigenvalue weighted by atomic mass is 35.5. The molecule has 1 saturated heterocycles. The third-order valence-corrected chi connectivity index (χ3v) is 4.98. The van der Waals surface area contributed by atoms with E-state index in [2.05, 4.69) is 27.0 Å². The molecule has 0 spiro atoms. The van der Waals surface area contributed by atoms with Gasteiger partial charge in [-0.15, -0.1) is 0 Å². The van der Waals surface area contributed by atoms with E-state index in [-0.39, 0.29) is 0 Å². The van der Waals surface area contributed by atoms with Gasteiger partial charge in [0.1, 0.15) is 5.82 Å². The summed E-state index contributed by atoms with van der Waals surface area (Å²) >= 11 is 5.98. The Bertz CT molecular complexity index is 668. The summed E-state index contributed by atoms with van der Waals surface area (Å²) in [6.45, 7) is 2.96. The lowest BCUT2D eigenvalue weighted by molar-refractivity contribution is 0.166. The molecular weight excluding hydrogens is 282 g/mol.